The van der Waals surface area contributed by atoms with Gasteiger partial charge < -0.3 is 18.9 Å². The fourth-order valence-electron chi connectivity index (χ4n) is 4.07. The molecule has 0 spiro atoms. The van der Waals surface area contributed by atoms with Gasteiger partial charge in [0, 0.05) is 31.5 Å². The molecule has 8 nitrogen and oxygen atoms in total. The van der Waals surface area contributed by atoms with Gasteiger partial charge in [-0.25, -0.2) is 4.98 Å². The highest BCUT2D eigenvalue weighted by atomic mass is 35.5. The molecule has 41 heavy (non-hydrogen) atoms. The molecule has 3 aromatic rings. The molecule has 0 amide bonds. The standard InChI is InChI=1S/C29H27Cl4NO7/c1-15(11-24(36)27-28(40-14-39-17(3)35)25(38-4)9-10-34-27)29(37)41-16(2)26(18-5-7-20(30)22(32)12-18)19-6-8-21(31)23(33)13-19/h5-10,12-13,15-16,26H,11,14H2,1-4H3/t15-,16+/m1/s1. The largest absolute Gasteiger partial charge is 0.493 e. The van der Waals surface area contributed by atoms with E-state index in [0.29, 0.717) is 20.1 Å². The van der Waals surface area contributed by atoms with Gasteiger partial charge in [-0.2, -0.15) is 0 Å². The first-order chi connectivity index (χ1) is 19.4. The van der Waals surface area contributed by atoms with E-state index in [1.807, 2.05) is 0 Å². The van der Waals surface area contributed by atoms with Crippen LogP contribution in [0.15, 0.2) is 48.7 Å². The lowest BCUT2D eigenvalue weighted by Gasteiger charge is -2.27. The number of benzene rings is 2. The summed E-state index contributed by atoms with van der Waals surface area (Å²) in [5, 5.41) is 1.43. The van der Waals surface area contributed by atoms with E-state index in [0.717, 1.165) is 11.1 Å². The number of esters is 2. The van der Waals surface area contributed by atoms with Gasteiger partial charge in [-0.3, -0.25) is 14.4 Å². The van der Waals surface area contributed by atoms with E-state index >= 15 is 0 Å². The molecule has 0 fully saturated rings. The SMILES string of the molecule is COc1ccnc(C(=O)C[C@@H](C)C(=O)O[C@@H](C)C(c2ccc(Cl)c(Cl)c2)c2ccc(Cl)c(Cl)c2)c1OCOC(C)=O. The minimum absolute atomic E-state index is 0.00511. The van der Waals surface area contributed by atoms with Crippen LogP contribution in [0.5, 0.6) is 11.5 Å². The fraction of sp³-hybridized carbons (Fsp3) is 0.310. The van der Waals surface area contributed by atoms with Crippen LogP contribution < -0.4 is 9.47 Å². The maximum atomic E-state index is 13.2. The van der Waals surface area contributed by atoms with Gasteiger partial charge in [0.05, 0.1) is 33.1 Å². The van der Waals surface area contributed by atoms with Crippen molar-refractivity contribution in [3.05, 3.63) is 85.6 Å². The third-order valence-corrected chi connectivity index (χ3v) is 7.57. The lowest BCUT2D eigenvalue weighted by molar-refractivity contribution is -0.153. The van der Waals surface area contributed by atoms with Gasteiger partial charge in [-0.15, -0.1) is 0 Å². The molecule has 218 valence electrons. The van der Waals surface area contributed by atoms with Gasteiger partial charge in [0.2, 0.25) is 6.79 Å². The molecule has 3 rings (SSSR count). The summed E-state index contributed by atoms with van der Waals surface area (Å²) >= 11 is 24.8. The highest BCUT2D eigenvalue weighted by Crippen LogP contribution is 2.37. The minimum atomic E-state index is -0.845. The molecule has 0 aliphatic carbocycles. The summed E-state index contributed by atoms with van der Waals surface area (Å²) in [4.78, 5) is 41.6. The number of methoxy groups -OCH3 is 1. The van der Waals surface area contributed by atoms with E-state index in [9.17, 15) is 14.4 Å². The second-order valence-corrected chi connectivity index (χ2v) is 10.7. The third kappa shape index (κ3) is 8.49. The molecule has 1 aromatic heterocycles. The highest BCUT2D eigenvalue weighted by Gasteiger charge is 2.30. The predicted molar refractivity (Wildman–Crippen MR) is 156 cm³/mol. The zero-order valence-corrected chi connectivity index (χ0v) is 25.6. The van der Waals surface area contributed by atoms with Crippen LogP contribution >= 0.6 is 46.4 Å². The van der Waals surface area contributed by atoms with E-state index in [4.69, 9.17) is 65.4 Å². The average molecular weight is 643 g/mol. The molecule has 0 saturated carbocycles. The molecular weight excluding hydrogens is 616 g/mol. The molecule has 0 aliphatic heterocycles. The Morgan fingerprint density at radius 2 is 1.46 bits per heavy atom. The van der Waals surface area contributed by atoms with Crippen LogP contribution in [-0.2, 0) is 19.1 Å². The van der Waals surface area contributed by atoms with E-state index in [2.05, 4.69) is 4.98 Å². The van der Waals surface area contributed by atoms with E-state index in [-0.39, 0.29) is 23.6 Å². The molecule has 2 atom stereocenters. The summed E-state index contributed by atoms with van der Waals surface area (Å²) in [6.45, 7) is 4.07. The Labute approximate surface area is 257 Å². The van der Waals surface area contributed by atoms with Crippen LogP contribution in [0, 0.1) is 5.92 Å². The van der Waals surface area contributed by atoms with Gasteiger partial charge in [-0.05, 0) is 42.3 Å². The van der Waals surface area contributed by atoms with Crippen LogP contribution in [0.3, 0.4) is 0 Å². The molecule has 0 unspecified atom stereocenters. The first-order valence-electron chi connectivity index (χ1n) is 12.4. The molecule has 0 aliphatic rings. The molecule has 0 radical (unpaired) electrons. The van der Waals surface area contributed by atoms with Gasteiger partial charge in [-0.1, -0.05) is 65.5 Å². The summed E-state index contributed by atoms with van der Waals surface area (Å²) in [6.07, 6.45) is 0.432. The number of halogens is 4. The van der Waals surface area contributed by atoms with Gasteiger partial charge in [0.1, 0.15) is 6.10 Å². The van der Waals surface area contributed by atoms with Gasteiger partial charge in [0.15, 0.2) is 23.0 Å². The normalized spacial score (nSPS) is 12.4. The molecule has 0 bridgehead atoms. The summed E-state index contributed by atoms with van der Waals surface area (Å²) in [5.74, 6) is -2.79. The Morgan fingerprint density at radius 3 is 1.98 bits per heavy atom. The van der Waals surface area contributed by atoms with Crippen LogP contribution in [0.1, 0.15) is 54.7 Å². The van der Waals surface area contributed by atoms with E-state index in [1.54, 1.807) is 50.2 Å². The highest BCUT2D eigenvalue weighted by molar-refractivity contribution is 6.42. The maximum absolute atomic E-state index is 13.2. The number of carbonyl (C=O) groups excluding carboxylic acids is 3. The van der Waals surface area contributed by atoms with Gasteiger partial charge in [0.25, 0.3) is 0 Å². The van der Waals surface area contributed by atoms with Crippen LogP contribution in [0.4, 0.5) is 0 Å². The molecule has 2 aromatic carbocycles. The zero-order chi connectivity index (χ0) is 30.3. The average Bonchev–Trinajstić information content (AvgIpc) is 2.92. The number of rotatable bonds is 12. The zero-order valence-electron chi connectivity index (χ0n) is 22.6. The monoisotopic (exact) mass is 641 g/mol. The van der Waals surface area contributed by atoms with Crippen molar-refractivity contribution in [3.8, 4) is 11.5 Å². The molecule has 0 N–H and O–H groups in total. The topological polar surface area (TPSA) is 101 Å². The van der Waals surface area contributed by atoms with Crippen molar-refractivity contribution in [3.63, 3.8) is 0 Å². The number of ketones is 1. The van der Waals surface area contributed by atoms with Crippen LogP contribution in [-0.4, -0.2) is 42.7 Å². The second kappa shape index (κ2) is 14.7. The molecule has 1 heterocycles. The summed E-state index contributed by atoms with van der Waals surface area (Å²) in [5.41, 5.74) is 1.39. The van der Waals surface area contributed by atoms with Crippen molar-refractivity contribution < 1.29 is 33.3 Å². The number of Topliss-reactive ketones (excluding diaryl/α,β-unsaturated/α-hetero) is 1. The molecular formula is C29H27Cl4NO7. The smallest absolute Gasteiger partial charge is 0.309 e. The number of ether oxygens (including phenoxy) is 4. The van der Waals surface area contributed by atoms with Crippen molar-refractivity contribution in [2.24, 2.45) is 5.92 Å². The van der Waals surface area contributed by atoms with Crippen LogP contribution in [0.2, 0.25) is 20.1 Å². The number of pyridine rings is 1. The Morgan fingerprint density at radius 1 is 0.878 bits per heavy atom. The third-order valence-electron chi connectivity index (χ3n) is 6.09. The number of carbonyl (C=O) groups is 3. The minimum Gasteiger partial charge on any atom is -0.493 e. The number of aromatic nitrogens is 1. The van der Waals surface area contributed by atoms with E-state index < -0.39 is 42.5 Å². The predicted octanol–water partition coefficient (Wildman–Crippen LogP) is 7.58. The van der Waals surface area contributed by atoms with Crippen molar-refractivity contribution in [2.75, 3.05) is 13.9 Å². The second-order valence-electron chi connectivity index (χ2n) is 9.08. The Kier molecular flexibility index (Phi) is 11.7. The Bertz CT molecular complexity index is 1380. The molecule has 0 saturated heterocycles. The first kappa shape index (κ1) is 32.5. The lowest BCUT2D eigenvalue weighted by Crippen LogP contribution is -2.28. The van der Waals surface area contributed by atoms with Crippen molar-refractivity contribution in [2.45, 2.75) is 39.2 Å². The number of nitrogens with zero attached hydrogens (tertiary/aromatic N) is 1. The van der Waals surface area contributed by atoms with Crippen molar-refractivity contribution >= 4 is 64.1 Å². The van der Waals surface area contributed by atoms with Crippen molar-refractivity contribution in [1.82, 2.24) is 4.98 Å². The quantitative estimate of drug-likeness (QED) is 0.113. The number of hydrogen-bond donors (Lipinski definition) is 0. The summed E-state index contributed by atoms with van der Waals surface area (Å²) < 4.78 is 21.4. The summed E-state index contributed by atoms with van der Waals surface area (Å²) in [7, 11) is 1.39. The number of hydrogen-bond acceptors (Lipinski definition) is 8. The van der Waals surface area contributed by atoms with Crippen molar-refractivity contribution in [1.29, 1.82) is 0 Å². The van der Waals surface area contributed by atoms with Crippen LogP contribution in [0.25, 0.3) is 0 Å². The Balaban J connectivity index is 1.80. The Hall–Kier alpha value is -3.04. The summed E-state index contributed by atoms with van der Waals surface area (Å²) in [6, 6.07) is 11.8. The maximum Gasteiger partial charge on any atom is 0.309 e. The lowest BCUT2D eigenvalue weighted by atomic mass is 9.87. The first-order valence-corrected chi connectivity index (χ1v) is 13.9. The van der Waals surface area contributed by atoms with Gasteiger partial charge >= 0.3 is 11.9 Å². The van der Waals surface area contributed by atoms with E-state index in [1.165, 1.54) is 26.3 Å². The molecule has 12 heteroatoms. The fourth-order valence-corrected chi connectivity index (χ4v) is 4.69.